The number of nitrogens with zero attached hydrogens (tertiary/aromatic N) is 1. The van der Waals surface area contributed by atoms with Crippen molar-refractivity contribution in [1.82, 2.24) is 15.5 Å². The molecular formula is C31H38F3N3O7S. The Balaban J connectivity index is 1.65. The third-order valence-corrected chi connectivity index (χ3v) is 7.84. The van der Waals surface area contributed by atoms with Crippen molar-refractivity contribution in [1.29, 1.82) is 0 Å². The van der Waals surface area contributed by atoms with E-state index in [1.54, 1.807) is 58.9 Å². The molecule has 0 bridgehead atoms. The van der Waals surface area contributed by atoms with Gasteiger partial charge in [-0.25, -0.2) is 22.8 Å². The van der Waals surface area contributed by atoms with E-state index < -0.39 is 64.4 Å². The number of thioether (sulfide) groups is 1. The predicted octanol–water partition coefficient (Wildman–Crippen LogP) is 4.64. The van der Waals surface area contributed by atoms with Crippen molar-refractivity contribution in [3.05, 3.63) is 65.0 Å². The fourth-order valence-electron chi connectivity index (χ4n) is 4.49. The number of rotatable bonds is 12. The normalized spacial score (nSPS) is 16.2. The molecule has 1 fully saturated rings. The molecule has 1 aliphatic heterocycles. The van der Waals surface area contributed by atoms with Crippen LogP contribution >= 0.6 is 11.8 Å². The Morgan fingerprint density at radius 2 is 1.69 bits per heavy atom. The highest BCUT2D eigenvalue weighted by atomic mass is 32.2. The smallest absolute Gasteiger partial charge is 0.407 e. The van der Waals surface area contributed by atoms with Crippen LogP contribution in [0.4, 0.5) is 18.0 Å². The SMILES string of the molecule is CC(C)C(Oc1ccc(CNC(=O)C2SCCN2C(=O)C[C@@H](Cc2cc(F)c(F)cc2F)NC(=O)OC(C)(C)C)cc1)C(=O)O. The second-order valence-electron chi connectivity index (χ2n) is 11.9. The van der Waals surface area contributed by atoms with Gasteiger partial charge in [0, 0.05) is 43.3 Å². The average Bonchev–Trinajstić information content (AvgIpc) is 3.43. The van der Waals surface area contributed by atoms with Gasteiger partial charge in [0.05, 0.1) is 0 Å². The van der Waals surface area contributed by atoms with Crippen LogP contribution < -0.4 is 15.4 Å². The van der Waals surface area contributed by atoms with Crippen molar-refractivity contribution < 1.29 is 46.9 Å². The van der Waals surface area contributed by atoms with Crippen LogP contribution in [0.25, 0.3) is 0 Å². The summed E-state index contributed by atoms with van der Waals surface area (Å²) >= 11 is 1.25. The number of carbonyl (C=O) groups is 4. The minimum absolute atomic E-state index is 0.128. The number of hydrogen-bond acceptors (Lipinski definition) is 7. The van der Waals surface area contributed by atoms with Crippen LogP contribution in [0.1, 0.15) is 52.2 Å². The van der Waals surface area contributed by atoms with Gasteiger partial charge in [-0.15, -0.1) is 11.8 Å². The largest absolute Gasteiger partial charge is 0.478 e. The third-order valence-electron chi connectivity index (χ3n) is 6.64. The highest BCUT2D eigenvalue weighted by Gasteiger charge is 2.36. The Morgan fingerprint density at radius 3 is 2.29 bits per heavy atom. The minimum atomic E-state index is -1.37. The number of hydrogen-bond donors (Lipinski definition) is 3. The molecule has 2 aromatic carbocycles. The topological polar surface area (TPSA) is 134 Å². The van der Waals surface area contributed by atoms with Crippen LogP contribution in [-0.4, -0.2) is 69.3 Å². The lowest BCUT2D eigenvalue weighted by molar-refractivity contribution is -0.147. The summed E-state index contributed by atoms with van der Waals surface area (Å²) in [5.41, 5.74) is -0.404. The van der Waals surface area contributed by atoms with Gasteiger partial charge in [-0.3, -0.25) is 9.59 Å². The maximum Gasteiger partial charge on any atom is 0.407 e. The fraction of sp³-hybridized carbons (Fsp3) is 0.484. The van der Waals surface area contributed by atoms with E-state index in [9.17, 15) is 37.5 Å². The Hall–Kier alpha value is -3.94. The summed E-state index contributed by atoms with van der Waals surface area (Å²) in [5.74, 6) is -5.09. The molecule has 1 heterocycles. The quantitative estimate of drug-likeness (QED) is 0.283. The van der Waals surface area contributed by atoms with Crippen LogP contribution in [0, 0.1) is 23.4 Å². The molecule has 0 aromatic heterocycles. The molecule has 2 aromatic rings. The molecular weight excluding hydrogens is 615 g/mol. The number of amides is 3. The van der Waals surface area contributed by atoms with Crippen LogP contribution in [0.3, 0.4) is 0 Å². The molecule has 2 unspecified atom stereocenters. The molecule has 246 valence electrons. The summed E-state index contributed by atoms with van der Waals surface area (Å²) in [4.78, 5) is 51.7. The van der Waals surface area contributed by atoms with E-state index in [2.05, 4.69) is 10.6 Å². The molecule has 0 radical (unpaired) electrons. The molecule has 3 N–H and O–H groups in total. The molecule has 3 amide bonds. The summed E-state index contributed by atoms with van der Waals surface area (Å²) < 4.78 is 52.6. The van der Waals surface area contributed by atoms with Gasteiger partial charge in [-0.2, -0.15) is 0 Å². The number of benzene rings is 2. The number of ether oxygens (including phenoxy) is 2. The van der Waals surface area contributed by atoms with Crippen molar-refractivity contribution in [3.63, 3.8) is 0 Å². The highest BCUT2D eigenvalue weighted by molar-refractivity contribution is 8.00. The molecule has 0 spiro atoms. The zero-order chi connectivity index (χ0) is 33.5. The monoisotopic (exact) mass is 653 g/mol. The molecule has 3 atom stereocenters. The Bertz CT molecular complexity index is 1390. The zero-order valence-electron chi connectivity index (χ0n) is 25.7. The second-order valence-corrected chi connectivity index (χ2v) is 13.1. The number of carboxylic acids is 1. The first-order valence-electron chi connectivity index (χ1n) is 14.3. The maximum atomic E-state index is 14.4. The summed E-state index contributed by atoms with van der Waals surface area (Å²) in [6.07, 6.45) is -2.59. The van der Waals surface area contributed by atoms with Gasteiger partial charge in [0.2, 0.25) is 5.91 Å². The van der Waals surface area contributed by atoms with Crippen LogP contribution in [-0.2, 0) is 32.1 Å². The molecule has 45 heavy (non-hydrogen) atoms. The molecule has 0 aliphatic carbocycles. The first kappa shape index (κ1) is 35.5. The summed E-state index contributed by atoms with van der Waals surface area (Å²) in [6, 6.07) is 6.59. The van der Waals surface area contributed by atoms with Crippen molar-refractivity contribution in [2.75, 3.05) is 12.3 Å². The van der Waals surface area contributed by atoms with Gasteiger partial charge in [0.15, 0.2) is 23.1 Å². The summed E-state index contributed by atoms with van der Waals surface area (Å²) in [5, 5.41) is 13.8. The number of carboxylic acid groups (broad SMARTS) is 1. The molecule has 10 nitrogen and oxygen atoms in total. The molecule has 14 heteroatoms. The molecule has 3 rings (SSSR count). The lowest BCUT2D eigenvalue weighted by Crippen LogP contribution is -2.48. The first-order valence-corrected chi connectivity index (χ1v) is 15.4. The number of aliphatic carboxylic acids is 1. The van der Waals surface area contributed by atoms with Gasteiger partial charge in [0.1, 0.15) is 17.2 Å². The lowest BCUT2D eigenvalue weighted by Gasteiger charge is -2.27. The molecule has 0 saturated carbocycles. The van der Waals surface area contributed by atoms with Crippen molar-refractivity contribution in [3.8, 4) is 5.75 Å². The van der Waals surface area contributed by atoms with Gasteiger partial charge >= 0.3 is 12.1 Å². The molecule has 1 saturated heterocycles. The van der Waals surface area contributed by atoms with E-state index in [0.29, 0.717) is 29.2 Å². The number of carbonyl (C=O) groups excluding carboxylic acids is 3. The van der Waals surface area contributed by atoms with Crippen molar-refractivity contribution in [2.24, 2.45) is 5.92 Å². The number of alkyl carbamates (subject to hydrolysis) is 1. The van der Waals surface area contributed by atoms with E-state index in [-0.39, 0.29) is 37.4 Å². The first-order chi connectivity index (χ1) is 21.0. The number of nitrogens with one attached hydrogen (secondary N) is 2. The average molecular weight is 654 g/mol. The third kappa shape index (κ3) is 10.6. The zero-order valence-corrected chi connectivity index (χ0v) is 26.5. The van der Waals surface area contributed by atoms with E-state index in [1.165, 1.54) is 16.7 Å². The van der Waals surface area contributed by atoms with E-state index in [4.69, 9.17) is 9.47 Å². The van der Waals surface area contributed by atoms with Gasteiger partial charge in [0.25, 0.3) is 5.91 Å². The van der Waals surface area contributed by atoms with E-state index in [1.807, 2.05) is 0 Å². The van der Waals surface area contributed by atoms with Gasteiger partial charge in [-0.1, -0.05) is 26.0 Å². The standard InChI is InChI=1S/C31H38F3N3O7S/c1-17(2)26(29(40)41)43-21-8-6-18(7-9-21)16-35-27(39)28-37(10-11-45-28)25(38)14-20(36-30(42)44-31(3,4)5)12-19-13-23(33)24(34)15-22(19)32/h6-9,13,15,17,20,26,28H,10-12,14,16H2,1-5H3,(H,35,39)(H,36,42)(H,40,41)/t20-,26?,28?/m1/s1. The van der Waals surface area contributed by atoms with Crippen LogP contribution in [0.2, 0.25) is 0 Å². The van der Waals surface area contributed by atoms with Gasteiger partial charge in [-0.05, 0) is 56.5 Å². The maximum absolute atomic E-state index is 14.4. The van der Waals surface area contributed by atoms with Crippen molar-refractivity contribution >= 4 is 35.6 Å². The van der Waals surface area contributed by atoms with Crippen molar-refractivity contribution in [2.45, 2.75) is 77.1 Å². The minimum Gasteiger partial charge on any atom is -0.478 e. The van der Waals surface area contributed by atoms with E-state index in [0.717, 1.165) is 0 Å². The summed E-state index contributed by atoms with van der Waals surface area (Å²) in [6.45, 7) is 8.75. The fourth-order valence-corrected chi connectivity index (χ4v) is 5.65. The molecule has 1 aliphatic rings. The van der Waals surface area contributed by atoms with Crippen LogP contribution in [0.15, 0.2) is 36.4 Å². The predicted molar refractivity (Wildman–Crippen MR) is 161 cm³/mol. The van der Waals surface area contributed by atoms with Crippen LogP contribution in [0.5, 0.6) is 5.75 Å². The van der Waals surface area contributed by atoms with E-state index >= 15 is 0 Å². The number of halogens is 3. The Morgan fingerprint density at radius 1 is 1.04 bits per heavy atom. The highest BCUT2D eigenvalue weighted by Crippen LogP contribution is 2.26. The Kier molecular flexibility index (Phi) is 12.1. The summed E-state index contributed by atoms with van der Waals surface area (Å²) in [7, 11) is 0. The Labute approximate surface area is 264 Å². The lowest BCUT2D eigenvalue weighted by atomic mass is 10.0. The second kappa shape index (κ2) is 15.4. The van der Waals surface area contributed by atoms with Gasteiger partial charge < -0.3 is 30.1 Å².